The van der Waals surface area contributed by atoms with E-state index >= 15 is 0 Å². The largest absolute Gasteiger partial charge is 0.331 e. The maximum absolute atomic E-state index is 12.1. The Morgan fingerprint density at radius 1 is 1.21 bits per heavy atom. The third-order valence-corrected chi connectivity index (χ3v) is 5.15. The first-order chi connectivity index (χ1) is 8.82. The lowest BCUT2D eigenvalue weighted by atomic mass is 10.4. The van der Waals surface area contributed by atoms with Gasteiger partial charge in [0.25, 0.3) is 5.56 Å². The molecule has 0 aromatic carbocycles. The second kappa shape index (κ2) is 6.69. The number of hydrogen-bond donors (Lipinski definition) is 0. The highest BCUT2D eigenvalue weighted by Gasteiger charge is 2.13. The van der Waals surface area contributed by atoms with Crippen LogP contribution in [0.15, 0.2) is 15.8 Å². The van der Waals surface area contributed by atoms with Gasteiger partial charge in [0.1, 0.15) is 0 Å². The van der Waals surface area contributed by atoms with Crippen LogP contribution < -0.4 is 11.2 Å². The fraction of sp³-hybridized carbons (Fsp3) is 0.636. The molecule has 19 heavy (non-hydrogen) atoms. The molecule has 0 saturated heterocycles. The average Bonchev–Trinajstić information content (AvgIpc) is 2.36. The minimum Gasteiger partial charge on any atom is -0.299 e. The molecule has 0 amide bonds. The third kappa shape index (κ3) is 4.16. The highest BCUT2D eigenvalue weighted by atomic mass is 127. The Kier molecular flexibility index (Phi) is 5.78. The fourth-order valence-electron chi connectivity index (χ4n) is 1.59. The van der Waals surface area contributed by atoms with Crippen molar-refractivity contribution >= 4 is 32.4 Å². The number of nitrogens with zero attached hydrogens (tertiary/aromatic N) is 2. The fourth-order valence-corrected chi connectivity index (χ4v) is 2.97. The van der Waals surface area contributed by atoms with Gasteiger partial charge in [-0.1, -0.05) is 13.8 Å². The van der Waals surface area contributed by atoms with Gasteiger partial charge in [-0.3, -0.25) is 13.9 Å². The van der Waals surface area contributed by atoms with E-state index < -0.39 is 21.1 Å². The molecule has 1 aromatic heterocycles. The molecule has 8 heteroatoms. The van der Waals surface area contributed by atoms with E-state index in [1.807, 2.05) is 29.5 Å². The molecule has 1 rings (SSSR count). The Labute approximate surface area is 125 Å². The summed E-state index contributed by atoms with van der Waals surface area (Å²) >= 11 is 1.86. The van der Waals surface area contributed by atoms with Crippen LogP contribution in [-0.4, -0.2) is 29.1 Å². The zero-order valence-corrected chi connectivity index (χ0v) is 13.9. The van der Waals surface area contributed by atoms with E-state index in [1.54, 1.807) is 6.92 Å². The lowest BCUT2D eigenvalue weighted by Crippen LogP contribution is -2.42. The summed E-state index contributed by atoms with van der Waals surface area (Å²) in [4.78, 5) is 24.0. The molecule has 1 heterocycles. The summed E-state index contributed by atoms with van der Waals surface area (Å²) in [6, 6.07) is 0. The highest BCUT2D eigenvalue weighted by Crippen LogP contribution is 1.97. The summed E-state index contributed by atoms with van der Waals surface area (Å²) in [6.45, 7) is 3.89. The van der Waals surface area contributed by atoms with Gasteiger partial charge in [-0.25, -0.2) is 13.2 Å². The average molecular weight is 400 g/mol. The van der Waals surface area contributed by atoms with Crippen LogP contribution >= 0.6 is 22.6 Å². The topological polar surface area (TPSA) is 78.1 Å². The Hall–Kier alpha value is -0.640. The van der Waals surface area contributed by atoms with Crippen LogP contribution in [0.3, 0.4) is 0 Å². The van der Waals surface area contributed by atoms with Gasteiger partial charge in [0, 0.05) is 25.0 Å². The van der Waals surface area contributed by atoms with E-state index in [-0.39, 0.29) is 18.1 Å². The third-order valence-electron chi connectivity index (χ3n) is 2.73. The molecule has 0 N–H and O–H groups in total. The zero-order valence-electron chi connectivity index (χ0n) is 10.9. The lowest BCUT2D eigenvalue weighted by molar-refractivity contribution is 0.548. The predicted molar refractivity (Wildman–Crippen MR) is 82.3 cm³/mol. The van der Waals surface area contributed by atoms with Crippen molar-refractivity contribution in [2.24, 2.45) is 0 Å². The lowest BCUT2D eigenvalue weighted by Gasteiger charge is -2.10. The summed E-state index contributed by atoms with van der Waals surface area (Å²) in [6.07, 6.45) is 2.28. The molecule has 108 valence electrons. The number of aromatic nitrogens is 2. The normalized spacial score (nSPS) is 11.7. The van der Waals surface area contributed by atoms with E-state index in [2.05, 4.69) is 0 Å². The van der Waals surface area contributed by atoms with Gasteiger partial charge in [-0.05, 0) is 29.0 Å². The van der Waals surface area contributed by atoms with Crippen LogP contribution in [0, 0.1) is 3.57 Å². The van der Waals surface area contributed by atoms with Crippen molar-refractivity contribution in [2.45, 2.75) is 33.4 Å². The molecule has 0 bridgehead atoms. The number of sulfone groups is 1. The molecule has 0 unspecified atom stereocenters. The SMILES string of the molecule is CCCn1cc(I)c(=O)n(CCS(=O)(=O)CC)c1=O. The molecule has 0 aliphatic rings. The number of rotatable bonds is 6. The summed E-state index contributed by atoms with van der Waals surface area (Å²) in [5.74, 6) is -0.181. The van der Waals surface area contributed by atoms with Crippen LogP contribution in [-0.2, 0) is 22.9 Å². The zero-order chi connectivity index (χ0) is 14.6. The number of aryl methyl sites for hydroxylation is 1. The van der Waals surface area contributed by atoms with E-state index in [0.29, 0.717) is 10.1 Å². The van der Waals surface area contributed by atoms with E-state index in [9.17, 15) is 18.0 Å². The second-order valence-corrected chi connectivity index (χ2v) is 7.78. The van der Waals surface area contributed by atoms with Crippen LogP contribution in [0.4, 0.5) is 0 Å². The van der Waals surface area contributed by atoms with Gasteiger partial charge in [-0.15, -0.1) is 0 Å². The molecule has 0 fully saturated rings. The Bertz CT molecular complexity index is 660. The van der Waals surface area contributed by atoms with E-state index in [4.69, 9.17) is 0 Å². The highest BCUT2D eigenvalue weighted by molar-refractivity contribution is 14.1. The summed E-state index contributed by atoms with van der Waals surface area (Å²) < 4.78 is 25.8. The predicted octanol–water partition coefficient (Wildman–Crippen LogP) is 0.459. The van der Waals surface area contributed by atoms with Crippen molar-refractivity contribution in [1.29, 1.82) is 0 Å². The molecule has 0 spiro atoms. The molecule has 0 radical (unpaired) electrons. The van der Waals surface area contributed by atoms with Crippen LogP contribution in [0.25, 0.3) is 0 Å². The molecule has 0 saturated carbocycles. The Balaban J connectivity index is 3.20. The first-order valence-electron chi connectivity index (χ1n) is 6.02. The number of hydrogen-bond acceptors (Lipinski definition) is 4. The maximum atomic E-state index is 12.1. The molecule has 1 aromatic rings. The Morgan fingerprint density at radius 2 is 1.84 bits per heavy atom. The van der Waals surface area contributed by atoms with Crippen molar-refractivity contribution in [3.8, 4) is 0 Å². The van der Waals surface area contributed by atoms with Gasteiger partial charge < -0.3 is 0 Å². The quantitative estimate of drug-likeness (QED) is 0.651. The minimum absolute atomic E-state index is 0.00876. The molecule has 0 aliphatic carbocycles. The van der Waals surface area contributed by atoms with Crippen molar-refractivity contribution in [2.75, 3.05) is 11.5 Å². The summed E-state index contributed by atoms with van der Waals surface area (Å²) in [5, 5.41) is 0. The van der Waals surface area contributed by atoms with Crippen LogP contribution in [0.5, 0.6) is 0 Å². The molecule has 0 aliphatic heterocycles. The first kappa shape index (κ1) is 16.4. The summed E-state index contributed by atoms with van der Waals surface area (Å²) in [7, 11) is -3.20. The molecular weight excluding hydrogens is 383 g/mol. The van der Waals surface area contributed by atoms with Crippen LogP contribution in [0.1, 0.15) is 20.3 Å². The molecular formula is C11H17IN2O4S. The monoisotopic (exact) mass is 400 g/mol. The van der Waals surface area contributed by atoms with Gasteiger partial charge in [0.05, 0.1) is 9.32 Å². The second-order valence-electron chi connectivity index (χ2n) is 4.15. The minimum atomic E-state index is -3.20. The van der Waals surface area contributed by atoms with E-state index in [1.165, 1.54) is 10.8 Å². The van der Waals surface area contributed by atoms with Crippen LogP contribution in [0.2, 0.25) is 0 Å². The first-order valence-corrected chi connectivity index (χ1v) is 8.92. The van der Waals surface area contributed by atoms with Crippen molar-refractivity contribution in [3.63, 3.8) is 0 Å². The van der Waals surface area contributed by atoms with Gasteiger partial charge in [0.15, 0.2) is 9.84 Å². The Morgan fingerprint density at radius 3 is 2.37 bits per heavy atom. The van der Waals surface area contributed by atoms with Gasteiger partial charge in [-0.2, -0.15) is 0 Å². The standard InChI is InChI=1S/C11H17IN2O4S/c1-3-5-13-8-9(12)10(15)14(11(13)16)6-7-19(17,18)4-2/h8H,3-7H2,1-2H3. The van der Waals surface area contributed by atoms with Crippen molar-refractivity contribution < 1.29 is 8.42 Å². The number of halogens is 1. The van der Waals surface area contributed by atoms with Gasteiger partial charge in [0.2, 0.25) is 0 Å². The summed E-state index contributed by atoms with van der Waals surface area (Å²) in [5.41, 5.74) is -0.872. The van der Waals surface area contributed by atoms with Crippen molar-refractivity contribution in [1.82, 2.24) is 9.13 Å². The van der Waals surface area contributed by atoms with Gasteiger partial charge >= 0.3 is 5.69 Å². The molecule has 6 nitrogen and oxygen atoms in total. The maximum Gasteiger partial charge on any atom is 0.331 e. The smallest absolute Gasteiger partial charge is 0.299 e. The van der Waals surface area contributed by atoms with Crippen molar-refractivity contribution in [3.05, 3.63) is 30.6 Å². The van der Waals surface area contributed by atoms with E-state index in [0.717, 1.165) is 11.0 Å². The molecule has 0 atom stereocenters.